The first-order valence-electron chi connectivity index (χ1n) is 6.89. The van der Waals surface area contributed by atoms with Crippen LogP contribution in [0.3, 0.4) is 0 Å². The van der Waals surface area contributed by atoms with E-state index in [0.29, 0.717) is 12.1 Å². The molecule has 0 aliphatic rings. The van der Waals surface area contributed by atoms with Gasteiger partial charge >= 0.3 is 6.36 Å². The number of hydrogen-bond acceptors (Lipinski definition) is 3. The topological polar surface area (TPSA) is 38.5 Å². The number of halogens is 3. The molecule has 3 nitrogen and oxygen atoms in total. The molecule has 6 heteroatoms. The Morgan fingerprint density at radius 1 is 1.29 bits per heavy atom. The molecular formula is C15H23F3N2O. The van der Waals surface area contributed by atoms with Crippen LogP contribution in [0.5, 0.6) is 5.75 Å². The highest BCUT2D eigenvalue weighted by Gasteiger charge is 2.32. The standard InChI is InChI=1S/C15H23F3N2O/c1-5-14(2,3)20(4)13(10-19)11-7-6-8-12(9-11)21-15(16,17)18/h6-9,13H,5,10,19H2,1-4H3. The fourth-order valence-corrected chi connectivity index (χ4v) is 2.11. The zero-order chi connectivity index (χ0) is 16.3. The number of ether oxygens (including phenoxy) is 1. The Morgan fingerprint density at radius 3 is 2.38 bits per heavy atom. The lowest BCUT2D eigenvalue weighted by atomic mass is 9.95. The van der Waals surface area contributed by atoms with Crippen molar-refractivity contribution in [3.8, 4) is 5.75 Å². The van der Waals surface area contributed by atoms with Crippen LogP contribution in [0.2, 0.25) is 0 Å². The maximum Gasteiger partial charge on any atom is 0.573 e. The summed E-state index contributed by atoms with van der Waals surface area (Å²) in [7, 11) is 1.93. The van der Waals surface area contributed by atoms with Crippen LogP contribution in [0.25, 0.3) is 0 Å². The minimum atomic E-state index is -4.69. The van der Waals surface area contributed by atoms with Gasteiger partial charge < -0.3 is 10.5 Å². The lowest BCUT2D eigenvalue weighted by Gasteiger charge is -2.40. The molecule has 0 bridgehead atoms. The second-order valence-electron chi connectivity index (χ2n) is 5.65. The zero-order valence-electron chi connectivity index (χ0n) is 12.9. The number of nitrogens with two attached hydrogens (primary N) is 1. The van der Waals surface area contributed by atoms with E-state index in [9.17, 15) is 13.2 Å². The van der Waals surface area contributed by atoms with E-state index in [1.807, 2.05) is 7.05 Å². The Labute approximate surface area is 123 Å². The fourth-order valence-electron chi connectivity index (χ4n) is 2.11. The van der Waals surface area contributed by atoms with Crippen molar-refractivity contribution in [1.29, 1.82) is 0 Å². The van der Waals surface area contributed by atoms with E-state index in [0.717, 1.165) is 6.42 Å². The van der Waals surface area contributed by atoms with E-state index >= 15 is 0 Å². The summed E-state index contributed by atoms with van der Waals surface area (Å²) in [6.45, 7) is 6.53. The number of hydrogen-bond donors (Lipinski definition) is 1. The summed E-state index contributed by atoms with van der Waals surface area (Å²) in [5, 5.41) is 0. The van der Waals surface area contributed by atoms with Gasteiger partial charge in [-0.05, 0) is 45.0 Å². The minimum absolute atomic E-state index is 0.106. The van der Waals surface area contributed by atoms with Gasteiger partial charge in [-0.1, -0.05) is 19.1 Å². The van der Waals surface area contributed by atoms with E-state index in [1.54, 1.807) is 12.1 Å². The molecule has 21 heavy (non-hydrogen) atoms. The van der Waals surface area contributed by atoms with Crippen LogP contribution in [0.1, 0.15) is 38.8 Å². The van der Waals surface area contributed by atoms with Crippen LogP contribution < -0.4 is 10.5 Å². The van der Waals surface area contributed by atoms with Crippen LogP contribution in [-0.4, -0.2) is 30.4 Å². The molecule has 120 valence electrons. The fraction of sp³-hybridized carbons (Fsp3) is 0.600. The van der Waals surface area contributed by atoms with Crippen molar-refractivity contribution < 1.29 is 17.9 Å². The van der Waals surface area contributed by atoms with Gasteiger partial charge in [-0.25, -0.2) is 0 Å². The predicted octanol–water partition coefficient (Wildman–Crippen LogP) is 3.71. The minimum Gasteiger partial charge on any atom is -0.406 e. The SMILES string of the molecule is CCC(C)(C)N(C)C(CN)c1cccc(OC(F)(F)F)c1. The van der Waals surface area contributed by atoms with E-state index in [-0.39, 0.29) is 17.3 Å². The first kappa shape index (κ1) is 17.8. The van der Waals surface area contributed by atoms with Crippen LogP contribution >= 0.6 is 0 Å². The maximum atomic E-state index is 12.3. The Balaban J connectivity index is 3.04. The van der Waals surface area contributed by atoms with Gasteiger partial charge in [0.15, 0.2) is 0 Å². The molecule has 0 aliphatic carbocycles. The highest BCUT2D eigenvalue weighted by molar-refractivity contribution is 5.31. The van der Waals surface area contributed by atoms with E-state index in [2.05, 4.69) is 30.4 Å². The van der Waals surface area contributed by atoms with Gasteiger partial charge in [-0.15, -0.1) is 13.2 Å². The van der Waals surface area contributed by atoms with E-state index < -0.39 is 6.36 Å². The summed E-state index contributed by atoms with van der Waals surface area (Å²) >= 11 is 0. The molecule has 0 fully saturated rings. The molecule has 0 radical (unpaired) electrons. The van der Waals surface area contributed by atoms with Crippen molar-refractivity contribution in [1.82, 2.24) is 4.90 Å². The van der Waals surface area contributed by atoms with Crippen molar-refractivity contribution in [3.63, 3.8) is 0 Å². The quantitative estimate of drug-likeness (QED) is 0.871. The number of nitrogens with zero attached hydrogens (tertiary/aromatic N) is 1. The Hall–Kier alpha value is -1.27. The third-order valence-corrected chi connectivity index (χ3v) is 3.99. The monoisotopic (exact) mass is 304 g/mol. The molecule has 0 aromatic heterocycles. The first-order chi connectivity index (χ1) is 9.60. The normalized spacial score (nSPS) is 14.3. The number of rotatable bonds is 6. The molecular weight excluding hydrogens is 281 g/mol. The molecule has 1 rings (SSSR count). The van der Waals surface area contributed by atoms with Gasteiger partial charge in [0.05, 0.1) is 0 Å². The predicted molar refractivity (Wildman–Crippen MR) is 77.1 cm³/mol. The molecule has 1 unspecified atom stereocenters. The Morgan fingerprint density at radius 2 is 1.90 bits per heavy atom. The van der Waals surface area contributed by atoms with E-state index in [1.165, 1.54) is 12.1 Å². The highest BCUT2D eigenvalue weighted by atomic mass is 19.4. The van der Waals surface area contributed by atoms with Gasteiger partial charge in [-0.2, -0.15) is 0 Å². The smallest absolute Gasteiger partial charge is 0.406 e. The van der Waals surface area contributed by atoms with Gasteiger partial charge in [0.1, 0.15) is 5.75 Å². The number of benzene rings is 1. The largest absolute Gasteiger partial charge is 0.573 e. The zero-order valence-corrected chi connectivity index (χ0v) is 12.9. The van der Waals surface area contributed by atoms with Crippen molar-refractivity contribution in [3.05, 3.63) is 29.8 Å². The third kappa shape index (κ3) is 4.89. The summed E-state index contributed by atoms with van der Waals surface area (Å²) in [4.78, 5) is 2.08. The summed E-state index contributed by atoms with van der Waals surface area (Å²) in [5.74, 6) is -0.221. The molecule has 0 spiro atoms. The maximum absolute atomic E-state index is 12.3. The number of alkyl halides is 3. The lowest BCUT2D eigenvalue weighted by molar-refractivity contribution is -0.274. The first-order valence-corrected chi connectivity index (χ1v) is 6.89. The summed E-state index contributed by atoms with van der Waals surface area (Å²) < 4.78 is 40.9. The summed E-state index contributed by atoms with van der Waals surface area (Å²) in [5.41, 5.74) is 6.43. The lowest BCUT2D eigenvalue weighted by Crippen LogP contribution is -2.45. The average molecular weight is 304 g/mol. The second kappa shape index (κ2) is 6.66. The summed E-state index contributed by atoms with van der Waals surface area (Å²) in [6.07, 6.45) is -3.79. The summed E-state index contributed by atoms with van der Waals surface area (Å²) in [6, 6.07) is 5.83. The van der Waals surface area contributed by atoms with Crippen LogP contribution in [0, 0.1) is 0 Å². The van der Waals surface area contributed by atoms with Crippen molar-refractivity contribution in [2.24, 2.45) is 5.73 Å². The van der Waals surface area contributed by atoms with Crippen LogP contribution in [-0.2, 0) is 0 Å². The Bertz CT molecular complexity index is 460. The molecule has 0 heterocycles. The molecule has 0 amide bonds. The highest BCUT2D eigenvalue weighted by Crippen LogP contribution is 2.31. The van der Waals surface area contributed by atoms with Crippen LogP contribution in [0.4, 0.5) is 13.2 Å². The van der Waals surface area contributed by atoms with Gasteiger partial charge in [0, 0.05) is 18.1 Å². The second-order valence-corrected chi connectivity index (χ2v) is 5.65. The molecule has 0 saturated carbocycles. The van der Waals surface area contributed by atoms with Crippen LogP contribution in [0.15, 0.2) is 24.3 Å². The van der Waals surface area contributed by atoms with Gasteiger partial charge in [0.25, 0.3) is 0 Å². The molecule has 1 atom stereocenters. The Kier molecular flexibility index (Phi) is 5.64. The van der Waals surface area contributed by atoms with Gasteiger partial charge in [0.2, 0.25) is 0 Å². The molecule has 0 aliphatic heterocycles. The van der Waals surface area contributed by atoms with Crippen molar-refractivity contribution >= 4 is 0 Å². The molecule has 1 aromatic carbocycles. The van der Waals surface area contributed by atoms with E-state index in [4.69, 9.17) is 5.73 Å². The van der Waals surface area contributed by atoms with Gasteiger partial charge in [-0.3, -0.25) is 4.90 Å². The van der Waals surface area contributed by atoms with Crippen molar-refractivity contribution in [2.75, 3.05) is 13.6 Å². The third-order valence-electron chi connectivity index (χ3n) is 3.99. The molecule has 1 aromatic rings. The average Bonchev–Trinajstić information content (AvgIpc) is 2.38. The molecule has 0 saturated heterocycles. The molecule has 2 N–H and O–H groups in total. The van der Waals surface area contributed by atoms with Crippen molar-refractivity contribution in [2.45, 2.75) is 45.1 Å². The number of likely N-dealkylation sites (N-methyl/N-ethyl adjacent to an activating group) is 1.